The molecule has 12 radical (unpaired) electrons. The summed E-state index contributed by atoms with van der Waals surface area (Å²) in [6.07, 6.45) is 0. The molecule has 4 aromatic heterocycles. The van der Waals surface area contributed by atoms with Gasteiger partial charge < -0.3 is 13.6 Å². The molecule has 4 heterocycles. The second-order valence-electron chi connectivity index (χ2n) is 16.0. The zero-order valence-corrected chi connectivity index (χ0v) is 33.7. The molecule has 0 unspecified atom stereocenters. The van der Waals surface area contributed by atoms with E-state index in [1.54, 1.807) is 12.1 Å². The topological polar surface area (TPSA) is 48.8 Å². The average molecular weight is 788 g/mol. The lowest BCUT2D eigenvalue weighted by atomic mass is 9.74. The number of benzene rings is 8. The van der Waals surface area contributed by atoms with Gasteiger partial charge in [0.25, 0.3) is 0 Å². The van der Waals surface area contributed by atoms with E-state index in [-0.39, 0.29) is 0 Å². The Morgan fingerprint density at radius 1 is 0.397 bits per heavy atom. The Bertz CT molecular complexity index is 3800. The van der Waals surface area contributed by atoms with E-state index in [0.29, 0.717) is 66.1 Å². The number of furan rings is 1. The SMILES string of the molecule is [B]c1cc([B])c2c(c1)c1c([B])c([B])c3c4cc([B])cc([B])c4n(-c4cccc5oc6ccc(-c7cc(-c8ccccc8)nc(-c8ccccc8)n7)cc6c45)c3c1n2-c1ccccc1. The van der Waals surface area contributed by atoms with Crippen LogP contribution in [0, 0.1) is 0 Å². The van der Waals surface area contributed by atoms with Crippen LogP contribution in [0.3, 0.4) is 0 Å². The van der Waals surface area contributed by atoms with E-state index in [1.165, 1.54) is 0 Å². The van der Waals surface area contributed by atoms with E-state index < -0.39 is 0 Å². The number of fused-ring (bicyclic) bond motifs is 10. The second-order valence-corrected chi connectivity index (χ2v) is 16.0. The first-order valence-corrected chi connectivity index (χ1v) is 20.5. The lowest BCUT2D eigenvalue weighted by Crippen LogP contribution is -2.27. The fourth-order valence-corrected chi connectivity index (χ4v) is 9.50. The molecule has 11 heteroatoms. The van der Waals surface area contributed by atoms with Crippen LogP contribution in [-0.4, -0.2) is 66.2 Å². The van der Waals surface area contributed by atoms with Crippen LogP contribution in [0.25, 0.3) is 111 Å². The summed E-state index contributed by atoms with van der Waals surface area (Å²) in [5.74, 6) is 0.627. The molecule has 0 saturated carbocycles. The zero-order valence-electron chi connectivity index (χ0n) is 33.7. The summed E-state index contributed by atoms with van der Waals surface area (Å²) < 4.78 is 11.0. The van der Waals surface area contributed by atoms with Crippen molar-refractivity contribution in [3.63, 3.8) is 0 Å². The van der Waals surface area contributed by atoms with Gasteiger partial charge in [0.1, 0.15) is 58.2 Å². The number of aromatic nitrogens is 4. The van der Waals surface area contributed by atoms with E-state index in [1.807, 2.05) is 121 Å². The fraction of sp³-hybridized carbons (Fsp3) is 0. The minimum atomic E-state index is 0.387. The van der Waals surface area contributed by atoms with Crippen molar-refractivity contribution < 1.29 is 4.42 Å². The Hall–Kier alpha value is -7.37. The quantitative estimate of drug-likeness (QED) is 0.192. The van der Waals surface area contributed by atoms with Gasteiger partial charge in [-0.25, -0.2) is 9.97 Å². The average Bonchev–Trinajstić information content (AvgIpc) is 3.97. The van der Waals surface area contributed by atoms with Crippen molar-refractivity contribution in [2.75, 3.05) is 0 Å². The Kier molecular flexibility index (Phi) is 8.36. The van der Waals surface area contributed by atoms with Gasteiger partial charge in [0.2, 0.25) is 0 Å². The third-order valence-corrected chi connectivity index (χ3v) is 12.1. The number of para-hydroxylation sites is 1. The molecule has 63 heavy (non-hydrogen) atoms. The minimum Gasteiger partial charge on any atom is -0.456 e. The van der Waals surface area contributed by atoms with E-state index in [9.17, 15) is 0 Å². The number of hydrogen-bond donors (Lipinski definition) is 0. The molecule has 12 aromatic rings. The molecule has 0 N–H and O–H groups in total. The van der Waals surface area contributed by atoms with Crippen molar-refractivity contribution in [2.24, 2.45) is 0 Å². The third kappa shape index (κ3) is 5.65. The van der Waals surface area contributed by atoms with Crippen molar-refractivity contribution in [1.29, 1.82) is 0 Å². The molecular formula is C52H26B6N4O. The van der Waals surface area contributed by atoms with Crippen LogP contribution in [0.4, 0.5) is 0 Å². The highest BCUT2D eigenvalue weighted by molar-refractivity contribution is 6.61. The van der Waals surface area contributed by atoms with Gasteiger partial charge in [-0.1, -0.05) is 142 Å². The Labute approximate surface area is 370 Å². The van der Waals surface area contributed by atoms with Crippen molar-refractivity contribution in [3.05, 3.63) is 158 Å². The maximum Gasteiger partial charge on any atom is 0.160 e. The van der Waals surface area contributed by atoms with Crippen LogP contribution < -0.4 is 32.8 Å². The van der Waals surface area contributed by atoms with Crippen molar-refractivity contribution in [2.45, 2.75) is 0 Å². The molecule has 0 atom stereocenters. The Morgan fingerprint density at radius 3 is 1.59 bits per heavy atom. The first-order valence-electron chi connectivity index (χ1n) is 20.5. The molecule has 278 valence electrons. The van der Waals surface area contributed by atoms with Crippen molar-refractivity contribution in [3.8, 4) is 45.3 Å². The number of nitrogens with zero attached hydrogens (tertiary/aromatic N) is 4. The highest BCUT2D eigenvalue weighted by atomic mass is 16.3. The molecule has 5 nitrogen and oxygen atoms in total. The van der Waals surface area contributed by atoms with Gasteiger partial charge in [0.05, 0.1) is 33.5 Å². The summed E-state index contributed by atoms with van der Waals surface area (Å²) in [7, 11) is 41.4. The smallest absolute Gasteiger partial charge is 0.160 e. The van der Waals surface area contributed by atoms with Gasteiger partial charge in [-0.3, -0.25) is 0 Å². The van der Waals surface area contributed by atoms with Gasteiger partial charge in [-0.15, -0.1) is 0 Å². The van der Waals surface area contributed by atoms with Crippen LogP contribution in [0.2, 0.25) is 0 Å². The lowest BCUT2D eigenvalue weighted by Gasteiger charge is -2.16. The third-order valence-electron chi connectivity index (χ3n) is 12.1. The predicted molar refractivity (Wildman–Crippen MR) is 267 cm³/mol. The predicted octanol–water partition coefficient (Wildman–Crippen LogP) is 6.33. The molecule has 0 saturated heterocycles. The van der Waals surface area contributed by atoms with Crippen LogP contribution in [0.5, 0.6) is 0 Å². The first kappa shape index (κ1) is 37.4. The van der Waals surface area contributed by atoms with Gasteiger partial charge in [0.15, 0.2) is 5.82 Å². The summed E-state index contributed by atoms with van der Waals surface area (Å²) in [5, 5.41) is 4.68. The molecule has 0 aliphatic carbocycles. The second kappa shape index (κ2) is 14.1. The monoisotopic (exact) mass is 788 g/mol. The lowest BCUT2D eigenvalue weighted by molar-refractivity contribution is 0.669. The van der Waals surface area contributed by atoms with Crippen LogP contribution in [-0.2, 0) is 0 Å². The van der Waals surface area contributed by atoms with E-state index in [2.05, 4.69) is 33.4 Å². The summed E-state index contributed by atoms with van der Waals surface area (Å²) in [6, 6.07) is 51.8. The molecule has 0 spiro atoms. The molecule has 0 amide bonds. The molecule has 0 aliphatic heterocycles. The van der Waals surface area contributed by atoms with E-state index in [4.69, 9.17) is 61.5 Å². The normalized spacial score (nSPS) is 11.9. The van der Waals surface area contributed by atoms with Gasteiger partial charge in [-0.05, 0) is 48.5 Å². The standard InChI is InChI=1S/C52H26B6N4O/c53-30-22-34-44-46(57)47(58)45-35-23-31(54)25-37(56)49(35)62(51(45)50(44)61(48(34)36(55)24-30)32-15-8-3-9-16-32)40-17-10-18-42-43(40)33-21-29(19-20-41(33)63-42)39-26-38(27-11-4-1-5-12-27)59-52(60-39)28-13-6-2-7-14-28/h1-26H. The summed E-state index contributed by atoms with van der Waals surface area (Å²) in [6.45, 7) is 0. The number of hydrogen-bond acceptors (Lipinski definition) is 3. The van der Waals surface area contributed by atoms with Crippen molar-refractivity contribution >= 4 is 145 Å². The maximum absolute atomic E-state index is 7.21. The molecule has 0 aliphatic rings. The van der Waals surface area contributed by atoms with Crippen LogP contribution in [0.1, 0.15) is 0 Å². The fourth-order valence-electron chi connectivity index (χ4n) is 9.50. The molecule has 0 fully saturated rings. The van der Waals surface area contributed by atoms with E-state index >= 15 is 0 Å². The van der Waals surface area contributed by atoms with Gasteiger partial charge in [0, 0.05) is 60.3 Å². The highest BCUT2D eigenvalue weighted by Gasteiger charge is 2.27. The largest absolute Gasteiger partial charge is 0.456 e. The highest BCUT2D eigenvalue weighted by Crippen LogP contribution is 2.43. The van der Waals surface area contributed by atoms with Crippen LogP contribution >= 0.6 is 0 Å². The summed E-state index contributed by atoms with van der Waals surface area (Å²) in [5.41, 5.74) is 13.2. The van der Waals surface area contributed by atoms with Gasteiger partial charge in [-0.2, -0.15) is 0 Å². The maximum atomic E-state index is 7.21. The zero-order chi connectivity index (χ0) is 42.7. The first-order chi connectivity index (χ1) is 30.7. The Balaban J connectivity index is 1.22. The van der Waals surface area contributed by atoms with Gasteiger partial charge >= 0.3 is 0 Å². The molecule has 12 rings (SSSR count). The summed E-state index contributed by atoms with van der Waals surface area (Å²) >= 11 is 0. The number of rotatable bonds is 5. The van der Waals surface area contributed by atoms with Crippen LogP contribution in [0.15, 0.2) is 162 Å². The van der Waals surface area contributed by atoms with Crippen molar-refractivity contribution in [1.82, 2.24) is 19.1 Å². The van der Waals surface area contributed by atoms with E-state index in [0.717, 1.165) is 77.5 Å². The summed E-state index contributed by atoms with van der Waals surface area (Å²) in [4.78, 5) is 10.2. The molecule has 0 bridgehead atoms. The minimum absolute atomic E-state index is 0.387. The molecular weight excluding hydrogens is 761 g/mol. The molecule has 8 aromatic carbocycles. The Morgan fingerprint density at radius 2 is 0.952 bits per heavy atom.